The lowest BCUT2D eigenvalue weighted by Gasteiger charge is -2.09. The molecule has 116 valence electrons. The van der Waals surface area contributed by atoms with Gasteiger partial charge in [0.1, 0.15) is 18.1 Å². The van der Waals surface area contributed by atoms with E-state index in [0.717, 1.165) is 17.2 Å². The van der Waals surface area contributed by atoms with E-state index in [1.165, 1.54) is 6.07 Å². The highest BCUT2D eigenvalue weighted by Gasteiger charge is 2.22. The maximum Gasteiger partial charge on any atom is 0.233 e. The van der Waals surface area contributed by atoms with Crippen molar-refractivity contribution in [3.05, 3.63) is 59.7 Å². The molecule has 1 aliphatic rings. The SMILES string of the molecule is CCSCC1COC(c2cccn2Cc2ccccc2F)=N1. The zero-order valence-corrected chi connectivity index (χ0v) is 13.4. The highest BCUT2D eigenvalue weighted by molar-refractivity contribution is 7.99. The normalized spacial score (nSPS) is 17.4. The minimum atomic E-state index is -0.186. The van der Waals surface area contributed by atoms with Crippen molar-refractivity contribution in [2.45, 2.75) is 19.5 Å². The molecule has 0 amide bonds. The van der Waals surface area contributed by atoms with Crippen LogP contribution in [0, 0.1) is 5.82 Å². The molecule has 0 radical (unpaired) electrons. The van der Waals surface area contributed by atoms with Gasteiger partial charge in [0.25, 0.3) is 0 Å². The number of thioether (sulfide) groups is 1. The number of rotatable bonds is 6. The van der Waals surface area contributed by atoms with Gasteiger partial charge in [0.05, 0.1) is 12.6 Å². The van der Waals surface area contributed by atoms with Crippen LogP contribution in [-0.4, -0.2) is 34.6 Å². The van der Waals surface area contributed by atoms with Crippen LogP contribution in [0.1, 0.15) is 18.2 Å². The highest BCUT2D eigenvalue weighted by Crippen LogP contribution is 2.18. The summed E-state index contributed by atoms with van der Waals surface area (Å²) in [5.74, 6) is 2.55. The minimum absolute atomic E-state index is 0.186. The molecule has 22 heavy (non-hydrogen) atoms. The second-order valence-corrected chi connectivity index (χ2v) is 6.49. The third-order valence-corrected chi connectivity index (χ3v) is 4.60. The Morgan fingerprint density at radius 3 is 3.00 bits per heavy atom. The summed E-state index contributed by atoms with van der Waals surface area (Å²) in [6.07, 6.45) is 1.93. The smallest absolute Gasteiger partial charge is 0.233 e. The molecule has 0 fully saturated rings. The van der Waals surface area contributed by atoms with Crippen molar-refractivity contribution in [3.63, 3.8) is 0 Å². The van der Waals surface area contributed by atoms with Crippen LogP contribution in [0.4, 0.5) is 4.39 Å². The third kappa shape index (κ3) is 3.35. The molecule has 0 aliphatic carbocycles. The van der Waals surface area contributed by atoms with E-state index < -0.39 is 0 Å². The zero-order chi connectivity index (χ0) is 15.4. The topological polar surface area (TPSA) is 26.5 Å². The van der Waals surface area contributed by atoms with E-state index in [-0.39, 0.29) is 11.9 Å². The summed E-state index contributed by atoms with van der Waals surface area (Å²) in [5.41, 5.74) is 1.57. The van der Waals surface area contributed by atoms with Gasteiger partial charge in [-0.1, -0.05) is 25.1 Å². The van der Waals surface area contributed by atoms with Crippen LogP contribution in [0.3, 0.4) is 0 Å². The summed E-state index contributed by atoms with van der Waals surface area (Å²) in [6.45, 7) is 3.25. The molecular weight excluding hydrogens is 299 g/mol. The van der Waals surface area contributed by atoms with E-state index in [1.807, 2.05) is 40.7 Å². The summed E-state index contributed by atoms with van der Waals surface area (Å²) in [6, 6.07) is 11.0. The quantitative estimate of drug-likeness (QED) is 0.814. The van der Waals surface area contributed by atoms with Gasteiger partial charge in [0.2, 0.25) is 5.90 Å². The van der Waals surface area contributed by atoms with E-state index in [9.17, 15) is 4.39 Å². The summed E-state index contributed by atoms with van der Waals surface area (Å²) >= 11 is 1.87. The summed E-state index contributed by atoms with van der Waals surface area (Å²) in [4.78, 5) is 4.65. The van der Waals surface area contributed by atoms with E-state index in [0.29, 0.717) is 24.6 Å². The van der Waals surface area contributed by atoms with Gasteiger partial charge in [0.15, 0.2) is 0 Å². The van der Waals surface area contributed by atoms with Crippen LogP contribution < -0.4 is 0 Å². The molecule has 0 saturated carbocycles. The first-order valence-corrected chi connectivity index (χ1v) is 8.60. The molecule has 5 heteroatoms. The molecule has 0 saturated heterocycles. The molecule has 0 spiro atoms. The van der Waals surface area contributed by atoms with Crippen molar-refractivity contribution in [1.82, 2.24) is 4.57 Å². The van der Waals surface area contributed by atoms with Crippen molar-refractivity contribution in [3.8, 4) is 0 Å². The average Bonchev–Trinajstić information content (AvgIpc) is 3.16. The molecule has 3 rings (SSSR count). The Morgan fingerprint density at radius 1 is 1.32 bits per heavy atom. The van der Waals surface area contributed by atoms with E-state index in [4.69, 9.17) is 4.74 Å². The van der Waals surface area contributed by atoms with Crippen molar-refractivity contribution in [1.29, 1.82) is 0 Å². The first-order chi connectivity index (χ1) is 10.8. The molecule has 1 aromatic heterocycles. The molecule has 3 nitrogen and oxygen atoms in total. The van der Waals surface area contributed by atoms with Gasteiger partial charge < -0.3 is 9.30 Å². The van der Waals surface area contributed by atoms with Gasteiger partial charge in [-0.15, -0.1) is 0 Å². The average molecular weight is 318 g/mol. The predicted octanol–water partition coefficient (Wildman–Crippen LogP) is 3.57. The molecule has 2 aromatic rings. The maximum absolute atomic E-state index is 13.8. The fourth-order valence-electron chi connectivity index (χ4n) is 2.45. The number of halogens is 1. The van der Waals surface area contributed by atoms with E-state index in [2.05, 4.69) is 11.9 Å². The standard InChI is InChI=1S/C17H19FN2OS/c1-2-22-12-14-11-21-17(19-14)16-8-5-9-20(16)10-13-6-3-4-7-15(13)18/h3-9,14H,2,10-12H2,1H3. The second-order valence-electron chi connectivity index (χ2n) is 5.17. The fraction of sp³-hybridized carbons (Fsp3) is 0.353. The molecule has 1 aromatic carbocycles. The number of ether oxygens (including phenoxy) is 1. The van der Waals surface area contributed by atoms with Crippen molar-refractivity contribution in [2.75, 3.05) is 18.1 Å². The van der Waals surface area contributed by atoms with Crippen molar-refractivity contribution < 1.29 is 9.13 Å². The van der Waals surface area contributed by atoms with Crippen LogP contribution in [0.2, 0.25) is 0 Å². The number of aliphatic imine (C=N–C) groups is 1. The minimum Gasteiger partial charge on any atom is -0.474 e. The molecule has 1 aliphatic heterocycles. The number of nitrogens with zero attached hydrogens (tertiary/aromatic N) is 2. The lowest BCUT2D eigenvalue weighted by Crippen LogP contribution is -2.11. The Bertz CT molecular complexity index is 668. The Morgan fingerprint density at radius 2 is 2.18 bits per heavy atom. The van der Waals surface area contributed by atoms with Gasteiger partial charge in [-0.2, -0.15) is 11.8 Å². The largest absolute Gasteiger partial charge is 0.474 e. The molecule has 0 bridgehead atoms. The maximum atomic E-state index is 13.8. The van der Waals surface area contributed by atoms with Crippen molar-refractivity contribution >= 4 is 17.7 Å². The van der Waals surface area contributed by atoms with Gasteiger partial charge in [-0.05, 0) is 24.0 Å². The molecule has 2 heterocycles. The van der Waals surface area contributed by atoms with E-state index in [1.54, 1.807) is 12.1 Å². The Kier molecular flexibility index (Phi) is 4.83. The molecule has 1 unspecified atom stereocenters. The second kappa shape index (κ2) is 7.01. The Labute approximate surface area is 134 Å². The van der Waals surface area contributed by atoms with Crippen LogP contribution in [0.15, 0.2) is 47.6 Å². The Balaban J connectivity index is 1.77. The number of benzene rings is 1. The van der Waals surface area contributed by atoms with E-state index >= 15 is 0 Å². The molecular formula is C17H19FN2OS. The number of aromatic nitrogens is 1. The number of hydrogen-bond acceptors (Lipinski definition) is 3. The van der Waals surface area contributed by atoms with Crippen LogP contribution in [-0.2, 0) is 11.3 Å². The third-order valence-electron chi connectivity index (χ3n) is 3.57. The predicted molar refractivity (Wildman–Crippen MR) is 89.2 cm³/mol. The lowest BCUT2D eigenvalue weighted by atomic mass is 10.2. The summed E-state index contributed by atoms with van der Waals surface area (Å²) in [7, 11) is 0. The van der Waals surface area contributed by atoms with Crippen LogP contribution >= 0.6 is 11.8 Å². The van der Waals surface area contributed by atoms with Gasteiger partial charge in [0, 0.05) is 17.5 Å². The zero-order valence-electron chi connectivity index (χ0n) is 12.5. The van der Waals surface area contributed by atoms with Crippen LogP contribution in [0.25, 0.3) is 0 Å². The highest BCUT2D eigenvalue weighted by atomic mass is 32.2. The van der Waals surface area contributed by atoms with Gasteiger partial charge in [-0.25, -0.2) is 9.38 Å². The van der Waals surface area contributed by atoms with Gasteiger partial charge in [-0.3, -0.25) is 0 Å². The fourth-order valence-corrected chi connectivity index (χ4v) is 3.13. The molecule has 0 N–H and O–H groups in total. The number of hydrogen-bond donors (Lipinski definition) is 0. The summed E-state index contributed by atoms with van der Waals surface area (Å²) in [5, 5.41) is 0. The van der Waals surface area contributed by atoms with Crippen molar-refractivity contribution in [2.24, 2.45) is 4.99 Å². The summed E-state index contributed by atoms with van der Waals surface area (Å²) < 4.78 is 21.5. The Hall–Kier alpha value is -1.75. The molecule has 1 atom stereocenters. The first kappa shape index (κ1) is 15.2. The monoisotopic (exact) mass is 318 g/mol. The lowest BCUT2D eigenvalue weighted by molar-refractivity contribution is 0.323. The van der Waals surface area contributed by atoms with Gasteiger partial charge >= 0.3 is 0 Å². The first-order valence-electron chi connectivity index (χ1n) is 7.45. The van der Waals surface area contributed by atoms with Crippen LogP contribution in [0.5, 0.6) is 0 Å².